The minimum absolute atomic E-state index is 0.105. The number of nitro groups is 1. The molecule has 0 amide bonds. The first-order valence-corrected chi connectivity index (χ1v) is 6.36. The molecule has 7 nitrogen and oxygen atoms in total. The molecule has 0 aliphatic rings. The molecule has 0 heterocycles. The van der Waals surface area contributed by atoms with Crippen LogP contribution >= 0.6 is 0 Å². The summed E-state index contributed by atoms with van der Waals surface area (Å²) in [4.78, 5) is 22.2. The van der Waals surface area contributed by atoms with Crippen molar-refractivity contribution in [3.63, 3.8) is 0 Å². The van der Waals surface area contributed by atoms with E-state index in [4.69, 9.17) is 9.47 Å². The number of carbonyl (C=O) groups is 1. The van der Waals surface area contributed by atoms with Crippen molar-refractivity contribution in [1.29, 1.82) is 5.26 Å². The van der Waals surface area contributed by atoms with Crippen LogP contribution in [0.15, 0.2) is 24.3 Å². The molecule has 0 saturated carbocycles. The van der Waals surface area contributed by atoms with Crippen molar-refractivity contribution in [2.45, 2.75) is 12.8 Å². The lowest BCUT2D eigenvalue weighted by molar-refractivity contribution is -0.484. The largest absolute Gasteiger partial charge is 0.496 e. The first-order valence-electron chi connectivity index (χ1n) is 6.36. The van der Waals surface area contributed by atoms with Crippen molar-refractivity contribution in [3.8, 4) is 11.8 Å². The highest BCUT2D eigenvalue weighted by atomic mass is 16.6. The zero-order chi connectivity index (χ0) is 15.8. The molecule has 0 aliphatic carbocycles. The maximum absolute atomic E-state index is 11.9. The number of hydrogen-bond acceptors (Lipinski definition) is 6. The predicted molar refractivity (Wildman–Crippen MR) is 73.3 cm³/mol. The molecule has 0 N–H and O–H groups in total. The molecular weight excluding hydrogens is 276 g/mol. The van der Waals surface area contributed by atoms with E-state index >= 15 is 0 Å². The van der Waals surface area contributed by atoms with Gasteiger partial charge in [0.2, 0.25) is 6.54 Å². The Bertz CT molecular complexity index is 553. The Kier molecular flexibility index (Phi) is 6.14. The third-order valence-electron chi connectivity index (χ3n) is 2.97. The summed E-state index contributed by atoms with van der Waals surface area (Å²) in [5.41, 5.74) is 0.441. The van der Waals surface area contributed by atoms with Crippen molar-refractivity contribution < 1.29 is 19.2 Å². The average Bonchev–Trinajstić information content (AvgIpc) is 2.47. The average molecular weight is 292 g/mol. The Hall–Kier alpha value is -2.62. The second-order valence-electron chi connectivity index (χ2n) is 4.22. The van der Waals surface area contributed by atoms with Crippen LogP contribution in [-0.2, 0) is 9.53 Å². The number of benzene rings is 1. The van der Waals surface area contributed by atoms with Crippen LogP contribution in [0.3, 0.4) is 0 Å². The molecule has 0 bridgehead atoms. The van der Waals surface area contributed by atoms with Gasteiger partial charge in [-0.05, 0) is 13.0 Å². The van der Waals surface area contributed by atoms with Crippen LogP contribution in [0.5, 0.6) is 5.75 Å². The molecule has 0 saturated heterocycles. The number of hydrogen-bond donors (Lipinski definition) is 0. The number of carbonyl (C=O) groups excluding carboxylic acids is 1. The number of methoxy groups -OCH3 is 1. The summed E-state index contributed by atoms with van der Waals surface area (Å²) in [7, 11) is 1.42. The first-order chi connectivity index (χ1) is 10.0. The molecular formula is C14H16N2O5. The highest BCUT2D eigenvalue weighted by molar-refractivity contribution is 5.76. The van der Waals surface area contributed by atoms with Gasteiger partial charge < -0.3 is 9.47 Å². The van der Waals surface area contributed by atoms with Gasteiger partial charge in [-0.1, -0.05) is 18.2 Å². The molecule has 0 aliphatic heterocycles. The topological polar surface area (TPSA) is 102 Å². The zero-order valence-electron chi connectivity index (χ0n) is 11.8. The lowest BCUT2D eigenvalue weighted by Gasteiger charge is -2.19. The van der Waals surface area contributed by atoms with E-state index in [1.807, 2.05) is 6.07 Å². The number of nitriles is 1. The summed E-state index contributed by atoms with van der Waals surface area (Å²) in [5.74, 6) is -2.56. The second-order valence-corrected chi connectivity index (χ2v) is 4.22. The van der Waals surface area contributed by atoms with E-state index in [-0.39, 0.29) is 6.61 Å². The molecule has 21 heavy (non-hydrogen) atoms. The normalized spacial score (nSPS) is 12.8. The smallest absolute Gasteiger partial charge is 0.324 e. The van der Waals surface area contributed by atoms with Gasteiger partial charge in [0.1, 0.15) is 5.75 Å². The fraction of sp³-hybridized carbons (Fsp3) is 0.429. The minimum atomic E-state index is -1.26. The third-order valence-corrected chi connectivity index (χ3v) is 2.97. The summed E-state index contributed by atoms with van der Waals surface area (Å²) >= 11 is 0. The van der Waals surface area contributed by atoms with Crippen LogP contribution in [-0.4, -0.2) is 31.2 Å². The lowest BCUT2D eigenvalue weighted by atomic mass is 9.86. The molecule has 0 radical (unpaired) electrons. The second kappa shape index (κ2) is 7.85. The standard InChI is InChI=1S/C14H16N2O5/c1-3-21-14(17)11(8-15)12(9-16(18)19)10-6-4-5-7-13(10)20-2/h4-7,11-12H,3,9H2,1-2H3/t11-,12-/m1/s1. The highest BCUT2D eigenvalue weighted by Gasteiger charge is 2.36. The van der Waals surface area contributed by atoms with E-state index in [9.17, 15) is 20.2 Å². The molecule has 0 aromatic heterocycles. The van der Waals surface area contributed by atoms with Crippen LogP contribution in [0.25, 0.3) is 0 Å². The Balaban J connectivity index is 3.24. The van der Waals surface area contributed by atoms with E-state index in [0.29, 0.717) is 11.3 Å². The summed E-state index contributed by atoms with van der Waals surface area (Å²) in [6.07, 6.45) is 0. The van der Waals surface area contributed by atoms with Gasteiger partial charge in [-0.25, -0.2) is 0 Å². The Labute approximate surface area is 122 Å². The molecule has 1 aromatic rings. The molecule has 2 atom stereocenters. The zero-order valence-corrected chi connectivity index (χ0v) is 11.8. The van der Waals surface area contributed by atoms with Crippen LogP contribution in [0.4, 0.5) is 0 Å². The fourth-order valence-corrected chi connectivity index (χ4v) is 2.06. The van der Waals surface area contributed by atoms with Crippen LogP contribution < -0.4 is 4.74 Å². The fourth-order valence-electron chi connectivity index (χ4n) is 2.06. The molecule has 112 valence electrons. The van der Waals surface area contributed by atoms with Gasteiger partial charge in [0.05, 0.1) is 25.7 Å². The highest BCUT2D eigenvalue weighted by Crippen LogP contribution is 2.32. The third kappa shape index (κ3) is 4.18. The van der Waals surface area contributed by atoms with Crippen molar-refractivity contribution in [3.05, 3.63) is 39.9 Å². The van der Waals surface area contributed by atoms with Crippen LogP contribution in [0, 0.1) is 27.4 Å². The number of nitrogens with zero attached hydrogens (tertiary/aromatic N) is 2. The first kappa shape index (κ1) is 16.4. The van der Waals surface area contributed by atoms with Gasteiger partial charge in [-0.2, -0.15) is 5.26 Å². The van der Waals surface area contributed by atoms with Gasteiger partial charge in [0, 0.05) is 10.5 Å². The Morgan fingerprint density at radius 2 is 2.14 bits per heavy atom. The molecule has 1 rings (SSSR count). The summed E-state index contributed by atoms with van der Waals surface area (Å²) in [6, 6.07) is 8.42. The molecule has 0 fully saturated rings. The van der Waals surface area contributed by atoms with Crippen LogP contribution in [0.1, 0.15) is 18.4 Å². The lowest BCUT2D eigenvalue weighted by Crippen LogP contribution is -2.28. The van der Waals surface area contributed by atoms with Crippen molar-refractivity contribution in [2.24, 2.45) is 5.92 Å². The van der Waals surface area contributed by atoms with Gasteiger partial charge in [-0.3, -0.25) is 14.9 Å². The van der Waals surface area contributed by atoms with Crippen molar-refractivity contribution >= 4 is 5.97 Å². The van der Waals surface area contributed by atoms with E-state index in [1.165, 1.54) is 7.11 Å². The molecule has 0 unspecified atom stereocenters. The van der Waals surface area contributed by atoms with Gasteiger partial charge in [0.25, 0.3) is 0 Å². The number of para-hydroxylation sites is 1. The number of rotatable bonds is 7. The summed E-state index contributed by atoms with van der Waals surface area (Å²) in [5, 5.41) is 20.1. The van der Waals surface area contributed by atoms with Gasteiger partial charge >= 0.3 is 5.97 Å². The Morgan fingerprint density at radius 3 is 2.67 bits per heavy atom. The molecule has 1 aromatic carbocycles. The monoisotopic (exact) mass is 292 g/mol. The van der Waals surface area contributed by atoms with Crippen molar-refractivity contribution in [1.82, 2.24) is 0 Å². The van der Waals surface area contributed by atoms with E-state index in [1.54, 1.807) is 31.2 Å². The van der Waals surface area contributed by atoms with Crippen molar-refractivity contribution in [2.75, 3.05) is 20.3 Å². The maximum atomic E-state index is 11.9. The SMILES string of the molecule is CCOC(=O)[C@H](C#N)[C@H](C[N+](=O)[O-])c1ccccc1OC. The van der Waals surface area contributed by atoms with E-state index in [0.717, 1.165) is 0 Å². The number of esters is 1. The van der Waals surface area contributed by atoms with E-state index in [2.05, 4.69) is 0 Å². The summed E-state index contributed by atoms with van der Waals surface area (Å²) in [6.45, 7) is 1.16. The predicted octanol–water partition coefficient (Wildman–Crippen LogP) is 1.76. The Morgan fingerprint density at radius 1 is 1.48 bits per heavy atom. The molecule has 0 spiro atoms. The quantitative estimate of drug-likeness (QED) is 0.431. The number of ether oxygens (including phenoxy) is 2. The van der Waals surface area contributed by atoms with Gasteiger partial charge in [-0.15, -0.1) is 0 Å². The van der Waals surface area contributed by atoms with E-state index < -0.39 is 29.3 Å². The molecule has 7 heteroatoms. The van der Waals surface area contributed by atoms with Gasteiger partial charge in [0.15, 0.2) is 5.92 Å². The minimum Gasteiger partial charge on any atom is -0.496 e. The maximum Gasteiger partial charge on any atom is 0.324 e. The van der Waals surface area contributed by atoms with Crippen LogP contribution in [0.2, 0.25) is 0 Å². The summed E-state index contributed by atoms with van der Waals surface area (Å²) < 4.78 is 9.99.